The normalized spacial score (nSPS) is 17.9. The molecule has 2 aromatic carbocycles. The molecular weight excluding hydrogens is 1010 g/mol. The maximum atomic E-state index is 11.7. The van der Waals surface area contributed by atoms with E-state index in [1.165, 1.54) is 99.2 Å². The van der Waals surface area contributed by atoms with Crippen LogP contribution in [0.5, 0.6) is 0 Å². The molecule has 6 nitrogen and oxygen atoms in total. The third-order valence-electron chi connectivity index (χ3n) is 9.20. The Morgan fingerprint density at radius 1 is 0.429 bits per heavy atom. The van der Waals surface area contributed by atoms with Gasteiger partial charge in [-0.2, -0.15) is 0 Å². The summed E-state index contributed by atoms with van der Waals surface area (Å²) < 4.78 is 14.5. The molecule has 0 radical (unpaired) electrons. The van der Waals surface area contributed by atoms with Crippen LogP contribution in [0.4, 0.5) is 11.4 Å². The van der Waals surface area contributed by atoms with E-state index in [0.29, 0.717) is 18.0 Å². The number of hydrogen-bond donors (Lipinski definition) is 0. The topological polar surface area (TPSA) is 71.1 Å². The van der Waals surface area contributed by atoms with E-state index >= 15 is 0 Å². The second-order valence-electron chi connectivity index (χ2n) is 22.3. The van der Waals surface area contributed by atoms with Crippen LogP contribution in [0.25, 0.3) is 30.1 Å². The van der Waals surface area contributed by atoms with E-state index < -0.39 is 49.4 Å². The van der Waals surface area contributed by atoms with Crippen molar-refractivity contribution in [3.8, 4) is 0 Å². The van der Waals surface area contributed by atoms with Crippen LogP contribution in [0, 0.1) is 31.1 Å². The van der Waals surface area contributed by atoms with Gasteiger partial charge in [-0.05, 0) is 54.5 Å². The average Bonchev–Trinajstić information content (AvgIpc) is 3.39. The van der Waals surface area contributed by atoms with Crippen molar-refractivity contribution in [1.29, 1.82) is 0 Å². The zero-order valence-electron chi connectivity index (χ0n) is 39.8. The standard InChI is InChI=1S/C25H32N3.3C6H18NSi2.U/c26-25-27(20-13-5-1-2-6-14-20)22-17-9-11-19-12-10-18-23(24(19)22)28(25)21-15-7-3-4-8-16-21;3*1-8(2,3)7-9(4,5)6;/h9-12,17-18,20-21H,1-8,13-16H2;3*1-6H3;/q4*-1;+4. The van der Waals surface area contributed by atoms with E-state index in [1.54, 1.807) is 0 Å². The molecule has 13 heteroatoms. The molecule has 2 aliphatic carbocycles. The van der Waals surface area contributed by atoms with Crippen LogP contribution in [-0.4, -0.2) is 67.5 Å². The molecule has 0 unspecified atom stereocenters. The molecule has 0 aromatic heterocycles. The Morgan fingerprint density at radius 3 is 0.893 bits per heavy atom. The number of guanidine groups is 1. The first-order chi connectivity index (χ1) is 25.0. The number of hydrogen-bond acceptors (Lipinski definition) is 0. The van der Waals surface area contributed by atoms with Crippen molar-refractivity contribution in [2.75, 3.05) is 9.80 Å². The van der Waals surface area contributed by atoms with Crippen LogP contribution >= 0.6 is 0 Å². The van der Waals surface area contributed by atoms with E-state index in [1.807, 2.05) is 0 Å². The smallest absolute Gasteiger partial charge is 0.668 e. The SMILES string of the molecule is C[Si](C)(C)[N-][Si](C)(C)C.C[Si](C)(C)[N-][Si](C)(C)C.C[Si](C)(C)[N-][Si](C)(C)C.[N-]=C1N(C2CCCCCC2)c2cccc3cccc(c23)N1C1CCCCCC1.[U+4]. The van der Waals surface area contributed by atoms with Crippen LogP contribution in [0.15, 0.2) is 36.4 Å². The quantitative estimate of drug-likeness (QED) is 0.195. The maximum Gasteiger partial charge on any atom is 4.00 e. The van der Waals surface area contributed by atoms with Gasteiger partial charge in [0.1, 0.15) is 0 Å². The minimum atomic E-state index is -1.11. The number of anilines is 2. The fourth-order valence-electron chi connectivity index (χ4n) is 8.81. The molecule has 0 spiro atoms. The van der Waals surface area contributed by atoms with E-state index in [0.717, 1.165) is 0 Å². The summed E-state index contributed by atoms with van der Waals surface area (Å²) in [6, 6.07) is 14.0. The Balaban J connectivity index is 0.000000463. The second-order valence-corrected chi connectivity index (χ2v) is 51.1. The zero-order chi connectivity index (χ0) is 42.0. The Bertz CT molecular complexity index is 1290. The summed E-state index contributed by atoms with van der Waals surface area (Å²) in [5, 5.41) is 14.3. The van der Waals surface area contributed by atoms with Gasteiger partial charge in [0.15, 0.2) is 0 Å². The fourth-order valence-corrected chi connectivity index (χ4v) is 33.0. The van der Waals surface area contributed by atoms with Crippen LogP contribution in [0.2, 0.25) is 118 Å². The first-order valence-electron chi connectivity index (χ1n) is 21.8. The van der Waals surface area contributed by atoms with Gasteiger partial charge in [0.25, 0.3) is 0 Å². The molecule has 0 atom stereocenters. The van der Waals surface area contributed by atoms with Crippen molar-refractivity contribution >= 4 is 77.5 Å². The molecule has 316 valence electrons. The largest absolute Gasteiger partial charge is 4.00 e. The van der Waals surface area contributed by atoms with Crippen LogP contribution in [0.3, 0.4) is 0 Å². The summed E-state index contributed by atoms with van der Waals surface area (Å²) in [6.45, 7) is 41.3. The molecule has 3 aliphatic rings. The summed E-state index contributed by atoms with van der Waals surface area (Å²) >= 11 is 0. The van der Waals surface area contributed by atoms with Crippen molar-refractivity contribution < 1.29 is 31.1 Å². The molecule has 1 heterocycles. The molecule has 2 saturated carbocycles. The van der Waals surface area contributed by atoms with E-state index in [9.17, 15) is 5.41 Å². The molecule has 0 amide bonds. The van der Waals surface area contributed by atoms with Gasteiger partial charge in [0.05, 0.1) is 0 Å². The van der Waals surface area contributed by atoms with Crippen LogP contribution in [-0.2, 0) is 0 Å². The molecule has 0 bridgehead atoms. The minimum absolute atomic E-state index is 0. The zero-order valence-corrected chi connectivity index (χ0v) is 50.0. The maximum absolute atomic E-state index is 11.7. The van der Waals surface area contributed by atoms with Gasteiger partial charge >= 0.3 is 31.1 Å². The van der Waals surface area contributed by atoms with Gasteiger partial charge < -0.3 is 29.2 Å². The summed E-state index contributed by atoms with van der Waals surface area (Å²) in [7, 11) is -6.64. The fraction of sp³-hybridized carbons (Fsp3) is 0.744. The van der Waals surface area contributed by atoms with Gasteiger partial charge in [-0.25, -0.2) is 0 Å². The Labute approximate surface area is 378 Å². The number of nitrogens with zero attached hydrogens (tertiary/aromatic N) is 6. The van der Waals surface area contributed by atoms with Crippen molar-refractivity contribution in [3.63, 3.8) is 0 Å². The van der Waals surface area contributed by atoms with Crippen LogP contribution in [0.1, 0.15) is 77.0 Å². The summed E-state index contributed by atoms with van der Waals surface area (Å²) in [5.41, 5.74) is 2.42. The minimum Gasteiger partial charge on any atom is -0.668 e. The van der Waals surface area contributed by atoms with Gasteiger partial charge in [0.2, 0.25) is 0 Å². The van der Waals surface area contributed by atoms with E-state index in [2.05, 4.69) is 164 Å². The Morgan fingerprint density at radius 2 is 0.679 bits per heavy atom. The van der Waals surface area contributed by atoms with Crippen molar-refractivity contribution in [1.82, 2.24) is 0 Å². The van der Waals surface area contributed by atoms with E-state index in [4.69, 9.17) is 13.9 Å². The van der Waals surface area contributed by atoms with Gasteiger partial charge in [-0.15, -0.1) is 0 Å². The first kappa shape index (κ1) is 54.2. The predicted octanol–water partition coefficient (Wildman–Crippen LogP) is 15.9. The van der Waals surface area contributed by atoms with Crippen molar-refractivity contribution in [3.05, 3.63) is 55.8 Å². The third kappa shape index (κ3) is 21.6. The summed E-state index contributed by atoms with van der Waals surface area (Å²) in [5.74, 6) is 0.491. The average molecular weight is 1090 g/mol. The van der Waals surface area contributed by atoms with Crippen molar-refractivity contribution in [2.45, 2.75) is 207 Å². The third-order valence-corrected chi connectivity index (χ3v) is 25.3. The van der Waals surface area contributed by atoms with Crippen molar-refractivity contribution in [2.24, 2.45) is 0 Å². The molecule has 2 fully saturated rings. The Kier molecular flexibility index (Phi) is 22.1. The molecule has 1 aliphatic heterocycles. The van der Waals surface area contributed by atoms with E-state index in [-0.39, 0.29) is 31.1 Å². The molecule has 5 rings (SSSR count). The number of benzene rings is 2. The predicted molar refractivity (Wildman–Crippen MR) is 270 cm³/mol. The first-order valence-corrected chi connectivity index (χ1v) is 42.5. The summed E-state index contributed by atoms with van der Waals surface area (Å²) in [4.78, 5) is 4.62. The Hall–Kier alpha value is 0.203. The second kappa shape index (κ2) is 22.9. The molecule has 0 N–H and O–H groups in total. The molecule has 56 heavy (non-hydrogen) atoms. The molecule has 0 saturated heterocycles. The van der Waals surface area contributed by atoms with Gasteiger partial charge in [-0.3, -0.25) is 0 Å². The number of rotatable bonds is 8. The van der Waals surface area contributed by atoms with Gasteiger partial charge in [-0.1, -0.05) is 255 Å². The van der Waals surface area contributed by atoms with Crippen LogP contribution < -0.4 is 9.80 Å². The summed E-state index contributed by atoms with van der Waals surface area (Å²) in [6.07, 6.45) is 15.1. The molecule has 2 aromatic rings. The van der Waals surface area contributed by atoms with Gasteiger partial charge in [0, 0.05) is 11.3 Å². The molecular formula is C43H86N6Si6U. The monoisotopic (exact) mass is 1090 g/mol.